The molecule has 1 atom stereocenters. The lowest BCUT2D eigenvalue weighted by Gasteiger charge is -2.27. The predicted octanol–water partition coefficient (Wildman–Crippen LogP) is 1.82. The number of carbonyl (C=O) groups excluding carboxylic acids is 3. The highest BCUT2D eigenvalue weighted by Gasteiger charge is 2.37. The van der Waals surface area contributed by atoms with Gasteiger partial charge in [-0.15, -0.1) is 11.8 Å². The first-order valence-electron chi connectivity index (χ1n) is 8.91. The van der Waals surface area contributed by atoms with Crippen molar-refractivity contribution in [1.82, 2.24) is 15.1 Å². The number of hydrogen-bond acceptors (Lipinski definition) is 5. The van der Waals surface area contributed by atoms with E-state index in [1.165, 1.54) is 0 Å². The van der Waals surface area contributed by atoms with Gasteiger partial charge in [0.1, 0.15) is 11.6 Å². The van der Waals surface area contributed by atoms with Crippen LogP contribution in [0.3, 0.4) is 0 Å². The number of thioether (sulfide) groups is 1. The number of nitrogens with zero attached hydrogens (tertiary/aromatic N) is 2. The van der Waals surface area contributed by atoms with E-state index in [9.17, 15) is 14.4 Å². The number of ether oxygens (including phenoxy) is 1. The second-order valence-electron chi connectivity index (χ2n) is 7.44. The van der Waals surface area contributed by atoms with Gasteiger partial charge in [0.05, 0.1) is 5.88 Å². The molecule has 0 bridgehead atoms. The molecule has 0 aliphatic carbocycles. The smallest absolute Gasteiger partial charge is 0.407 e. The number of likely N-dealkylation sites (tertiary alicyclic amines) is 1. The van der Waals surface area contributed by atoms with Crippen LogP contribution >= 0.6 is 11.8 Å². The molecule has 142 valence electrons. The molecule has 2 aliphatic rings. The summed E-state index contributed by atoms with van der Waals surface area (Å²) in [6.45, 7) is 7.41. The van der Waals surface area contributed by atoms with Crippen LogP contribution in [0.1, 0.15) is 46.5 Å². The Morgan fingerprint density at radius 3 is 2.52 bits per heavy atom. The third-order valence-electron chi connectivity index (χ3n) is 4.14. The molecule has 2 saturated heterocycles. The van der Waals surface area contributed by atoms with Gasteiger partial charge in [0.15, 0.2) is 0 Å². The Bertz CT molecular complexity index is 501. The summed E-state index contributed by atoms with van der Waals surface area (Å²) in [5.74, 6) is 1.32. The molecular weight excluding hydrogens is 342 g/mol. The standard InChI is InChI=1S/C17H29N3O4S/c1-17(2,3)24-16(23)18-8-6-7-14(21)20-12-25-11-13(20)15(22)19-9-4-5-10-19/h13H,4-12H2,1-3H3,(H,18,23)/t13-/m0/s1. The largest absolute Gasteiger partial charge is 0.444 e. The van der Waals surface area contributed by atoms with E-state index < -0.39 is 11.7 Å². The molecule has 0 saturated carbocycles. The molecule has 2 heterocycles. The summed E-state index contributed by atoms with van der Waals surface area (Å²) in [4.78, 5) is 40.1. The summed E-state index contributed by atoms with van der Waals surface area (Å²) in [5.41, 5.74) is -0.532. The lowest BCUT2D eigenvalue weighted by Crippen LogP contribution is -2.48. The van der Waals surface area contributed by atoms with Gasteiger partial charge in [0, 0.05) is 31.8 Å². The maximum atomic E-state index is 12.6. The molecule has 0 spiro atoms. The van der Waals surface area contributed by atoms with Crippen molar-refractivity contribution in [2.75, 3.05) is 31.3 Å². The lowest BCUT2D eigenvalue weighted by molar-refractivity contribution is -0.142. The fourth-order valence-electron chi connectivity index (χ4n) is 2.93. The molecular formula is C17H29N3O4S. The van der Waals surface area contributed by atoms with Crippen molar-refractivity contribution >= 4 is 29.7 Å². The average molecular weight is 372 g/mol. The predicted molar refractivity (Wildman–Crippen MR) is 97.2 cm³/mol. The zero-order chi connectivity index (χ0) is 18.4. The molecule has 2 fully saturated rings. The van der Waals surface area contributed by atoms with Gasteiger partial charge in [-0.25, -0.2) is 4.79 Å². The van der Waals surface area contributed by atoms with Crippen molar-refractivity contribution in [2.24, 2.45) is 0 Å². The zero-order valence-corrected chi connectivity index (χ0v) is 16.2. The summed E-state index contributed by atoms with van der Waals surface area (Å²) in [5, 5.41) is 2.65. The van der Waals surface area contributed by atoms with Gasteiger partial charge in [-0.05, 0) is 40.0 Å². The average Bonchev–Trinajstić information content (AvgIpc) is 3.19. The number of nitrogens with one attached hydrogen (secondary N) is 1. The van der Waals surface area contributed by atoms with E-state index in [1.54, 1.807) is 37.4 Å². The van der Waals surface area contributed by atoms with Gasteiger partial charge in [-0.3, -0.25) is 9.59 Å². The van der Waals surface area contributed by atoms with Crippen LogP contribution in [0.15, 0.2) is 0 Å². The highest BCUT2D eigenvalue weighted by Crippen LogP contribution is 2.24. The molecule has 7 nitrogen and oxygen atoms in total. The highest BCUT2D eigenvalue weighted by molar-refractivity contribution is 7.99. The van der Waals surface area contributed by atoms with Crippen LogP contribution in [-0.2, 0) is 14.3 Å². The Morgan fingerprint density at radius 2 is 1.88 bits per heavy atom. The fourth-order valence-corrected chi connectivity index (χ4v) is 4.10. The lowest BCUT2D eigenvalue weighted by atomic mass is 10.2. The van der Waals surface area contributed by atoms with Crippen molar-refractivity contribution in [2.45, 2.75) is 58.1 Å². The van der Waals surface area contributed by atoms with Gasteiger partial charge in [-0.2, -0.15) is 0 Å². The van der Waals surface area contributed by atoms with Gasteiger partial charge in [-0.1, -0.05) is 0 Å². The first-order chi connectivity index (χ1) is 11.8. The third kappa shape index (κ3) is 6.09. The molecule has 2 rings (SSSR count). The van der Waals surface area contributed by atoms with Gasteiger partial charge >= 0.3 is 6.09 Å². The molecule has 1 N–H and O–H groups in total. The summed E-state index contributed by atoms with van der Waals surface area (Å²) in [6, 6.07) is -0.325. The number of alkyl carbamates (subject to hydrolysis) is 1. The van der Waals surface area contributed by atoms with Crippen LogP contribution in [0.2, 0.25) is 0 Å². The molecule has 0 unspecified atom stereocenters. The Morgan fingerprint density at radius 1 is 1.20 bits per heavy atom. The van der Waals surface area contributed by atoms with E-state index in [2.05, 4.69) is 5.32 Å². The molecule has 0 radical (unpaired) electrons. The Kier molecular flexibility index (Phi) is 6.98. The Labute approximate surface area is 153 Å². The minimum atomic E-state index is -0.532. The minimum absolute atomic E-state index is 0.0199. The number of hydrogen-bond donors (Lipinski definition) is 1. The van der Waals surface area contributed by atoms with Crippen molar-refractivity contribution in [3.8, 4) is 0 Å². The summed E-state index contributed by atoms with van der Waals surface area (Å²) in [6.07, 6.45) is 2.48. The van der Waals surface area contributed by atoms with Crippen LogP contribution in [0, 0.1) is 0 Å². The molecule has 3 amide bonds. The van der Waals surface area contributed by atoms with Crippen LogP contribution < -0.4 is 5.32 Å². The SMILES string of the molecule is CC(C)(C)OC(=O)NCCCC(=O)N1CSC[C@H]1C(=O)N1CCCC1. The normalized spacial score (nSPS) is 20.7. The first kappa shape index (κ1) is 19.9. The zero-order valence-electron chi connectivity index (χ0n) is 15.4. The number of amides is 3. The maximum absolute atomic E-state index is 12.6. The van der Waals surface area contributed by atoms with Crippen molar-refractivity contribution in [3.63, 3.8) is 0 Å². The van der Waals surface area contributed by atoms with E-state index in [-0.39, 0.29) is 17.9 Å². The second-order valence-corrected chi connectivity index (χ2v) is 8.44. The first-order valence-corrected chi connectivity index (χ1v) is 10.1. The Balaban J connectivity index is 1.72. The molecule has 2 aliphatic heterocycles. The van der Waals surface area contributed by atoms with E-state index >= 15 is 0 Å². The van der Waals surface area contributed by atoms with Crippen molar-refractivity contribution < 1.29 is 19.1 Å². The van der Waals surface area contributed by atoms with E-state index in [0.717, 1.165) is 25.9 Å². The van der Waals surface area contributed by atoms with Gasteiger partial charge in [0.2, 0.25) is 11.8 Å². The van der Waals surface area contributed by atoms with Crippen LogP contribution in [0.5, 0.6) is 0 Å². The van der Waals surface area contributed by atoms with Gasteiger partial charge < -0.3 is 19.9 Å². The maximum Gasteiger partial charge on any atom is 0.407 e. The van der Waals surface area contributed by atoms with Crippen molar-refractivity contribution in [1.29, 1.82) is 0 Å². The summed E-state index contributed by atoms with van der Waals surface area (Å²) < 4.78 is 5.15. The number of carbonyl (C=O) groups is 3. The molecule has 0 aromatic rings. The van der Waals surface area contributed by atoms with E-state index in [0.29, 0.717) is 31.0 Å². The van der Waals surface area contributed by atoms with E-state index in [1.807, 2.05) is 4.90 Å². The monoisotopic (exact) mass is 371 g/mol. The van der Waals surface area contributed by atoms with Crippen LogP contribution in [0.4, 0.5) is 4.79 Å². The van der Waals surface area contributed by atoms with E-state index in [4.69, 9.17) is 4.74 Å². The molecule has 25 heavy (non-hydrogen) atoms. The van der Waals surface area contributed by atoms with Crippen molar-refractivity contribution in [3.05, 3.63) is 0 Å². The topological polar surface area (TPSA) is 79.0 Å². The highest BCUT2D eigenvalue weighted by atomic mass is 32.2. The molecule has 8 heteroatoms. The molecule has 0 aromatic carbocycles. The second kappa shape index (κ2) is 8.78. The fraction of sp³-hybridized carbons (Fsp3) is 0.824. The summed E-state index contributed by atoms with van der Waals surface area (Å²) >= 11 is 1.62. The van der Waals surface area contributed by atoms with Crippen LogP contribution in [-0.4, -0.2) is 70.6 Å². The molecule has 0 aromatic heterocycles. The Hall–Kier alpha value is -1.44. The third-order valence-corrected chi connectivity index (χ3v) is 5.15. The number of rotatable bonds is 5. The quantitative estimate of drug-likeness (QED) is 0.746. The minimum Gasteiger partial charge on any atom is -0.444 e. The van der Waals surface area contributed by atoms with Gasteiger partial charge in [0.25, 0.3) is 0 Å². The van der Waals surface area contributed by atoms with Crippen LogP contribution in [0.25, 0.3) is 0 Å². The summed E-state index contributed by atoms with van der Waals surface area (Å²) in [7, 11) is 0.